The molecule has 1 amide bonds. The van der Waals surface area contributed by atoms with Crippen molar-refractivity contribution < 1.29 is 9.90 Å². The third-order valence-corrected chi connectivity index (χ3v) is 5.02. The minimum absolute atomic E-state index is 0.0487. The van der Waals surface area contributed by atoms with E-state index in [1.54, 1.807) is 5.01 Å². The minimum atomic E-state index is -0.520. The number of rotatable bonds is 4. The molecule has 2 aliphatic rings. The Morgan fingerprint density at radius 2 is 1.96 bits per heavy atom. The second kappa shape index (κ2) is 6.78. The predicted molar refractivity (Wildman–Crippen MR) is 101 cm³/mol. The lowest BCUT2D eigenvalue weighted by atomic mass is 10.1. The highest BCUT2D eigenvalue weighted by Gasteiger charge is 2.35. The summed E-state index contributed by atoms with van der Waals surface area (Å²) in [6.07, 6.45) is 1.53. The first-order chi connectivity index (χ1) is 12.3. The molecule has 2 aromatic carbocycles. The van der Waals surface area contributed by atoms with E-state index < -0.39 is 5.92 Å². The summed E-state index contributed by atoms with van der Waals surface area (Å²) in [5.41, 5.74) is 1.18. The molecule has 6 nitrogen and oxygen atoms in total. The molecular weight excluding hydrogens is 336 g/mol. The summed E-state index contributed by atoms with van der Waals surface area (Å²) in [4.78, 5) is 20.8. The van der Waals surface area contributed by atoms with Crippen LogP contribution in [-0.4, -0.2) is 46.4 Å². The molecule has 1 N–H and O–H groups in total. The highest BCUT2D eigenvalue weighted by Crippen LogP contribution is 2.26. The summed E-state index contributed by atoms with van der Waals surface area (Å²) in [7, 11) is 0. The molecule has 2 aromatic rings. The Kier molecular flexibility index (Phi) is 4.33. The zero-order valence-corrected chi connectivity index (χ0v) is 14.2. The second-order valence-electron chi connectivity index (χ2n) is 5.72. The zero-order chi connectivity index (χ0) is 17.2. The maximum atomic E-state index is 12.2. The van der Waals surface area contributed by atoms with E-state index in [1.165, 1.54) is 34.3 Å². The van der Waals surface area contributed by atoms with Gasteiger partial charge in [-0.3, -0.25) is 4.79 Å². The number of hydrogen-bond acceptors (Lipinski definition) is 6. The summed E-state index contributed by atoms with van der Waals surface area (Å²) >= 11 is 1.44. The number of thioether (sulfide) groups is 1. The van der Waals surface area contributed by atoms with Crippen molar-refractivity contribution in [1.82, 2.24) is 5.01 Å². The molecule has 0 fully saturated rings. The summed E-state index contributed by atoms with van der Waals surface area (Å²) < 4.78 is 0. The Bertz CT molecular complexity index is 917. The average Bonchev–Trinajstić information content (AvgIpc) is 3.04. The van der Waals surface area contributed by atoms with Gasteiger partial charge in [-0.2, -0.15) is 10.1 Å². The molecule has 7 heteroatoms. The smallest absolute Gasteiger partial charge is 0.264 e. The van der Waals surface area contributed by atoms with Crippen LogP contribution in [0, 0.1) is 5.92 Å². The molecule has 1 atom stereocenters. The molecule has 0 aromatic heterocycles. The highest BCUT2D eigenvalue weighted by atomic mass is 32.2. The lowest BCUT2D eigenvalue weighted by Gasteiger charge is -2.19. The first-order valence-electron chi connectivity index (χ1n) is 7.99. The number of aliphatic imine (C=N–C) groups is 2. The van der Waals surface area contributed by atoms with E-state index in [0.717, 1.165) is 0 Å². The van der Waals surface area contributed by atoms with Crippen LogP contribution in [0.3, 0.4) is 0 Å². The lowest BCUT2D eigenvalue weighted by molar-refractivity contribution is -0.118. The molecule has 0 spiro atoms. The Morgan fingerprint density at radius 1 is 1.12 bits per heavy atom. The highest BCUT2D eigenvalue weighted by molar-refractivity contribution is 8.13. The quantitative estimate of drug-likeness (QED) is 0.916. The maximum Gasteiger partial charge on any atom is 0.264 e. The van der Waals surface area contributed by atoms with Gasteiger partial charge < -0.3 is 5.11 Å². The number of carbonyl (C=O) groups is 1. The van der Waals surface area contributed by atoms with E-state index in [2.05, 4.69) is 39.4 Å². The lowest BCUT2D eigenvalue weighted by Crippen LogP contribution is -2.35. The molecule has 2 heterocycles. The van der Waals surface area contributed by atoms with Crippen LogP contribution in [0.25, 0.3) is 10.8 Å². The van der Waals surface area contributed by atoms with Crippen LogP contribution in [0.4, 0.5) is 0 Å². The summed E-state index contributed by atoms with van der Waals surface area (Å²) in [6.45, 7) is 0.271. The second-order valence-corrected chi connectivity index (χ2v) is 6.66. The predicted octanol–water partition coefficient (Wildman–Crippen LogP) is 2.28. The van der Waals surface area contributed by atoms with Gasteiger partial charge in [-0.15, -0.1) is 0 Å². The molecule has 0 saturated heterocycles. The Balaban J connectivity index is 1.55. The van der Waals surface area contributed by atoms with E-state index in [0.29, 0.717) is 23.3 Å². The monoisotopic (exact) mass is 352 g/mol. The molecular formula is C18H16N4O2S. The molecule has 126 valence electrons. The fraction of sp³-hybridized carbons (Fsp3) is 0.222. The number of nitrogens with zero attached hydrogens (tertiary/aromatic N) is 4. The van der Waals surface area contributed by atoms with Gasteiger partial charge in [0.1, 0.15) is 11.8 Å². The van der Waals surface area contributed by atoms with Gasteiger partial charge in [-0.1, -0.05) is 54.2 Å². The van der Waals surface area contributed by atoms with Crippen molar-refractivity contribution in [2.75, 3.05) is 13.2 Å². The third kappa shape index (κ3) is 3.08. The van der Waals surface area contributed by atoms with Crippen LogP contribution in [0.1, 0.15) is 5.56 Å². The fourth-order valence-electron chi connectivity index (χ4n) is 2.91. The number of amides is 1. The molecule has 4 rings (SSSR count). The standard InChI is InChI=1S/C18H16N4O2S/c23-9-8-22-16-15(10-19-22)17(24)21-18(20-16)25-11-13-6-3-5-12-4-1-2-7-14(12)13/h1-7,10,15,23H,8-9,11H2. The van der Waals surface area contributed by atoms with Crippen molar-refractivity contribution >= 4 is 45.7 Å². The van der Waals surface area contributed by atoms with Gasteiger partial charge in [0.15, 0.2) is 5.17 Å². The van der Waals surface area contributed by atoms with Gasteiger partial charge in [0.05, 0.1) is 13.2 Å². The Hall–Kier alpha value is -2.51. The van der Waals surface area contributed by atoms with Crippen molar-refractivity contribution in [2.45, 2.75) is 5.75 Å². The largest absolute Gasteiger partial charge is 0.394 e. The van der Waals surface area contributed by atoms with Crippen molar-refractivity contribution in [2.24, 2.45) is 21.0 Å². The number of aliphatic hydroxyl groups excluding tert-OH is 1. The van der Waals surface area contributed by atoms with Crippen molar-refractivity contribution in [1.29, 1.82) is 0 Å². The van der Waals surface area contributed by atoms with Crippen LogP contribution in [-0.2, 0) is 10.5 Å². The van der Waals surface area contributed by atoms with E-state index in [4.69, 9.17) is 5.11 Å². The van der Waals surface area contributed by atoms with E-state index in [9.17, 15) is 4.79 Å². The van der Waals surface area contributed by atoms with Crippen LogP contribution in [0.2, 0.25) is 0 Å². The number of amidine groups is 2. The first kappa shape index (κ1) is 16.0. The molecule has 0 bridgehead atoms. The minimum Gasteiger partial charge on any atom is -0.394 e. The zero-order valence-electron chi connectivity index (χ0n) is 13.4. The fourth-order valence-corrected chi connectivity index (χ4v) is 3.76. The SMILES string of the molecule is O=C1N=C(SCc2cccc3ccccc23)N=C2C1C=NN2CCO. The van der Waals surface area contributed by atoms with Gasteiger partial charge >= 0.3 is 0 Å². The normalized spacial score (nSPS) is 19.2. The number of β-amino-alcohol motifs (C(OH)–C–C–N with tert-alkyl or cyclic N) is 1. The van der Waals surface area contributed by atoms with Crippen molar-refractivity contribution in [3.63, 3.8) is 0 Å². The van der Waals surface area contributed by atoms with E-state index in [1.807, 2.05) is 18.2 Å². The summed E-state index contributed by atoms with van der Waals surface area (Å²) in [5.74, 6) is 0.452. The van der Waals surface area contributed by atoms with Crippen LogP contribution < -0.4 is 0 Å². The van der Waals surface area contributed by atoms with Gasteiger partial charge in [0, 0.05) is 12.0 Å². The van der Waals surface area contributed by atoms with Crippen LogP contribution >= 0.6 is 11.8 Å². The topological polar surface area (TPSA) is 77.6 Å². The number of hydrogen-bond donors (Lipinski definition) is 1. The molecule has 1 unspecified atom stereocenters. The van der Waals surface area contributed by atoms with Gasteiger partial charge in [0.2, 0.25) is 0 Å². The Labute approximate surface area is 149 Å². The molecule has 0 aliphatic carbocycles. The maximum absolute atomic E-state index is 12.2. The first-order valence-corrected chi connectivity index (χ1v) is 8.98. The van der Waals surface area contributed by atoms with E-state index >= 15 is 0 Å². The number of carbonyl (C=O) groups excluding carboxylic acids is 1. The van der Waals surface area contributed by atoms with Crippen LogP contribution in [0.5, 0.6) is 0 Å². The van der Waals surface area contributed by atoms with Crippen LogP contribution in [0.15, 0.2) is 57.6 Å². The van der Waals surface area contributed by atoms with Gasteiger partial charge in [-0.25, -0.2) is 10.0 Å². The van der Waals surface area contributed by atoms with Crippen molar-refractivity contribution in [3.8, 4) is 0 Å². The number of fused-ring (bicyclic) bond motifs is 2. The molecule has 25 heavy (non-hydrogen) atoms. The van der Waals surface area contributed by atoms with Gasteiger partial charge in [0.25, 0.3) is 5.91 Å². The summed E-state index contributed by atoms with van der Waals surface area (Å²) in [6, 6.07) is 14.4. The molecule has 0 saturated carbocycles. The number of hydrazone groups is 1. The molecule has 2 aliphatic heterocycles. The molecule has 0 radical (unpaired) electrons. The summed E-state index contributed by atoms with van der Waals surface area (Å²) in [5, 5.41) is 17.6. The average molecular weight is 352 g/mol. The van der Waals surface area contributed by atoms with E-state index in [-0.39, 0.29) is 12.5 Å². The number of benzene rings is 2. The van der Waals surface area contributed by atoms with Gasteiger partial charge in [-0.05, 0) is 16.3 Å². The Morgan fingerprint density at radius 3 is 2.84 bits per heavy atom. The van der Waals surface area contributed by atoms with Crippen molar-refractivity contribution in [3.05, 3.63) is 48.0 Å². The number of aliphatic hydroxyl groups is 1. The third-order valence-electron chi connectivity index (χ3n) is 4.13.